The van der Waals surface area contributed by atoms with Gasteiger partial charge in [-0.3, -0.25) is 14.1 Å². The minimum atomic E-state index is -3.95. The van der Waals surface area contributed by atoms with E-state index in [4.69, 9.17) is 16.6 Å². The van der Waals surface area contributed by atoms with Crippen LogP contribution in [0.2, 0.25) is 5.02 Å². The second-order valence-electron chi connectivity index (χ2n) is 11.3. The third-order valence-electron chi connectivity index (χ3n) is 7.79. The molecular weight excluding hydrogens is 574 g/mol. The molecule has 42 heavy (non-hydrogen) atoms. The molecule has 222 valence electrons. The molecule has 4 aromatic rings. The number of anilines is 2. The molecule has 0 amide bonds. The van der Waals surface area contributed by atoms with E-state index in [1.165, 1.54) is 18.2 Å². The third-order valence-corrected chi connectivity index (χ3v) is 9.65. The van der Waals surface area contributed by atoms with Gasteiger partial charge in [0.2, 0.25) is 5.95 Å². The van der Waals surface area contributed by atoms with Crippen molar-refractivity contribution >= 4 is 44.4 Å². The van der Waals surface area contributed by atoms with Crippen molar-refractivity contribution in [3.05, 3.63) is 69.7 Å². The summed E-state index contributed by atoms with van der Waals surface area (Å²) < 4.78 is 29.9. The maximum absolute atomic E-state index is 13.8. The van der Waals surface area contributed by atoms with Crippen molar-refractivity contribution in [3.8, 4) is 11.1 Å². The van der Waals surface area contributed by atoms with Crippen LogP contribution in [0, 0.1) is 6.92 Å². The molecule has 3 aromatic heterocycles. The number of rotatable bonds is 8. The fourth-order valence-corrected chi connectivity index (χ4v) is 7.06. The lowest BCUT2D eigenvalue weighted by atomic mass is 9.91. The predicted octanol–water partition coefficient (Wildman–Crippen LogP) is 5.48. The Morgan fingerprint density at radius 3 is 2.38 bits per heavy atom. The summed E-state index contributed by atoms with van der Waals surface area (Å²) in [7, 11) is 0.300. The van der Waals surface area contributed by atoms with Gasteiger partial charge < -0.3 is 10.2 Å². The summed E-state index contributed by atoms with van der Waals surface area (Å²) in [4.78, 5) is 29.9. The fourth-order valence-electron chi connectivity index (χ4n) is 5.54. The lowest BCUT2D eigenvalue weighted by molar-refractivity contribution is 0.221. The molecule has 2 N–H and O–H groups in total. The number of halogens is 1. The molecule has 12 heteroatoms. The fraction of sp³-hybridized carbons (Fsp3) is 0.400. The Kier molecular flexibility index (Phi) is 8.54. The first-order chi connectivity index (χ1) is 19.9. The molecule has 0 bridgehead atoms. The highest BCUT2D eigenvalue weighted by molar-refractivity contribution is 7.92. The molecule has 1 saturated carbocycles. The van der Waals surface area contributed by atoms with Gasteiger partial charge >= 0.3 is 0 Å². The van der Waals surface area contributed by atoms with Crippen LogP contribution in [0.15, 0.2) is 58.4 Å². The van der Waals surface area contributed by atoms with Gasteiger partial charge in [0, 0.05) is 46.5 Å². The maximum Gasteiger partial charge on any atom is 0.264 e. The van der Waals surface area contributed by atoms with Crippen LogP contribution in [0.25, 0.3) is 22.2 Å². The molecule has 0 saturated heterocycles. The molecule has 0 aliphatic heterocycles. The maximum atomic E-state index is 13.8. The number of fused-ring (bicyclic) bond motifs is 1. The Morgan fingerprint density at radius 2 is 1.74 bits per heavy atom. The first kappa shape index (κ1) is 29.9. The summed E-state index contributed by atoms with van der Waals surface area (Å²) in [5, 5.41) is 4.32. The quantitative estimate of drug-likeness (QED) is 0.269. The largest absolute Gasteiger partial charge is 0.351 e. The Balaban J connectivity index is 1.45. The van der Waals surface area contributed by atoms with E-state index in [2.05, 4.69) is 39.0 Å². The summed E-state index contributed by atoms with van der Waals surface area (Å²) >= 11 is 6.10. The minimum Gasteiger partial charge on any atom is -0.351 e. The summed E-state index contributed by atoms with van der Waals surface area (Å²) in [5.74, 6) is 0.644. The molecule has 3 heterocycles. The Morgan fingerprint density at radius 1 is 1.02 bits per heavy atom. The molecule has 0 radical (unpaired) electrons. The van der Waals surface area contributed by atoms with Gasteiger partial charge in [-0.1, -0.05) is 23.7 Å². The van der Waals surface area contributed by atoms with Crippen LogP contribution < -0.4 is 15.6 Å². The van der Waals surface area contributed by atoms with Crippen molar-refractivity contribution in [1.29, 1.82) is 0 Å². The average Bonchev–Trinajstić information content (AvgIpc) is 2.93. The van der Waals surface area contributed by atoms with E-state index in [1.54, 1.807) is 42.0 Å². The van der Waals surface area contributed by atoms with Crippen LogP contribution in [-0.4, -0.2) is 59.0 Å². The smallest absolute Gasteiger partial charge is 0.264 e. The third kappa shape index (κ3) is 6.13. The molecule has 5 rings (SSSR count). The Bertz CT molecular complexity index is 1780. The monoisotopic (exact) mass is 609 g/mol. The predicted molar refractivity (Wildman–Crippen MR) is 168 cm³/mol. The molecular formula is C30H36ClN7O3S. The number of nitrogens with zero attached hydrogens (tertiary/aromatic N) is 5. The number of benzene rings is 1. The second kappa shape index (κ2) is 12.0. The number of aromatic nitrogens is 4. The van der Waals surface area contributed by atoms with Crippen LogP contribution in [0.1, 0.15) is 51.3 Å². The van der Waals surface area contributed by atoms with Crippen molar-refractivity contribution in [2.75, 3.05) is 24.1 Å². The van der Waals surface area contributed by atoms with Crippen molar-refractivity contribution in [2.24, 2.45) is 0 Å². The minimum absolute atomic E-state index is 0.0420. The van der Waals surface area contributed by atoms with E-state index >= 15 is 0 Å². The highest BCUT2D eigenvalue weighted by atomic mass is 35.5. The number of pyridine rings is 2. The molecule has 0 spiro atoms. The Hall–Kier alpha value is -3.54. The van der Waals surface area contributed by atoms with E-state index in [-0.39, 0.29) is 27.3 Å². The summed E-state index contributed by atoms with van der Waals surface area (Å²) in [6, 6.07) is 11.9. The zero-order chi connectivity index (χ0) is 30.2. The van der Waals surface area contributed by atoms with Gasteiger partial charge in [0.05, 0.1) is 5.02 Å². The second-order valence-corrected chi connectivity index (χ2v) is 13.3. The standard InChI is InChI=1S/C30H36ClN7O3S/c1-18(2)38-28-20(17-32-30(35-28)34-21-10-12-22(13-11-21)37(4)5)16-24(29(38)39)23-14-15-27(33-19(23)3)36-42(40,41)26-9-7-6-8-25(26)31/h6-9,14-18,21-22H,10-13H2,1-5H3,(H,33,36)(H,32,34,35). The zero-order valence-electron chi connectivity index (χ0n) is 24.4. The lowest BCUT2D eigenvalue weighted by Crippen LogP contribution is -2.36. The van der Waals surface area contributed by atoms with Gasteiger partial charge in [0.25, 0.3) is 15.6 Å². The molecule has 1 aromatic carbocycles. The highest BCUT2D eigenvalue weighted by Gasteiger charge is 2.24. The number of sulfonamides is 1. The average molecular weight is 610 g/mol. The van der Waals surface area contributed by atoms with Gasteiger partial charge in [-0.2, -0.15) is 4.98 Å². The molecule has 0 atom stereocenters. The topological polar surface area (TPSA) is 122 Å². The molecule has 0 unspecified atom stereocenters. The van der Waals surface area contributed by atoms with Crippen molar-refractivity contribution < 1.29 is 8.42 Å². The van der Waals surface area contributed by atoms with E-state index in [1.807, 2.05) is 13.8 Å². The van der Waals surface area contributed by atoms with Crippen LogP contribution >= 0.6 is 11.6 Å². The van der Waals surface area contributed by atoms with Crippen LogP contribution in [0.5, 0.6) is 0 Å². The summed E-state index contributed by atoms with van der Waals surface area (Å²) in [6.07, 6.45) is 6.05. The van der Waals surface area contributed by atoms with Gasteiger partial charge in [-0.05, 0) is 90.9 Å². The molecule has 1 aliphatic carbocycles. The van der Waals surface area contributed by atoms with Gasteiger partial charge in [-0.15, -0.1) is 0 Å². The molecule has 1 aliphatic rings. The number of hydrogen-bond donors (Lipinski definition) is 2. The van der Waals surface area contributed by atoms with Gasteiger partial charge in [0.15, 0.2) is 0 Å². The van der Waals surface area contributed by atoms with E-state index in [0.717, 1.165) is 31.1 Å². The first-order valence-corrected chi connectivity index (χ1v) is 15.9. The Labute approximate surface area is 251 Å². The van der Waals surface area contributed by atoms with E-state index in [9.17, 15) is 13.2 Å². The van der Waals surface area contributed by atoms with Crippen molar-refractivity contribution in [1.82, 2.24) is 24.4 Å². The van der Waals surface area contributed by atoms with Gasteiger partial charge in [-0.25, -0.2) is 18.4 Å². The highest BCUT2D eigenvalue weighted by Crippen LogP contribution is 2.28. The summed E-state index contributed by atoms with van der Waals surface area (Å²) in [5.41, 5.74) is 1.88. The zero-order valence-corrected chi connectivity index (χ0v) is 26.0. The number of hydrogen-bond acceptors (Lipinski definition) is 8. The summed E-state index contributed by atoms with van der Waals surface area (Å²) in [6.45, 7) is 5.63. The van der Waals surface area contributed by atoms with E-state index in [0.29, 0.717) is 40.5 Å². The SMILES string of the molecule is Cc1nc(NS(=O)(=O)c2ccccc2Cl)ccc1-c1cc2cnc(NC3CCC(N(C)C)CC3)nc2n(C(C)C)c1=O. The van der Waals surface area contributed by atoms with Crippen LogP contribution in [0.4, 0.5) is 11.8 Å². The normalized spacial score (nSPS) is 17.6. The van der Waals surface area contributed by atoms with Crippen LogP contribution in [0.3, 0.4) is 0 Å². The number of aryl methyl sites for hydroxylation is 1. The van der Waals surface area contributed by atoms with Crippen molar-refractivity contribution in [2.45, 2.75) is 69.5 Å². The van der Waals surface area contributed by atoms with Crippen molar-refractivity contribution in [3.63, 3.8) is 0 Å². The lowest BCUT2D eigenvalue weighted by Gasteiger charge is -2.33. The first-order valence-electron chi connectivity index (χ1n) is 14.0. The van der Waals surface area contributed by atoms with Crippen LogP contribution in [-0.2, 0) is 10.0 Å². The van der Waals surface area contributed by atoms with Gasteiger partial charge in [0.1, 0.15) is 16.4 Å². The number of nitrogens with one attached hydrogen (secondary N) is 2. The molecule has 1 fully saturated rings. The molecule has 10 nitrogen and oxygen atoms in total. The van der Waals surface area contributed by atoms with E-state index < -0.39 is 10.0 Å².